The number of ether oxygens (including phenoxy) is 3. The Morgan fingerprint density at radius 3 is 2.05 bits per heavy atom. The first kappa shape index (κ1) is 16.4. The summed E-state index contributed by atoms with van der Waals surface area (Å²) in [6, 6.07) is 3.83. The number of anilines is 1. The van der Waals surface area contributed by atoms with Crippen LogP contribution in [-0.2, 0) is 4.79 Å². The highest BCUT2D eigenvalue weighted by Gasteiger charge is 2.26. The van der Waals surface area contributed by atoms with Crippen LogP contribution in [0.15, 0.2) is 12.1 Å². The molecule has 0 radical (unpaired) electrons. The molecular weight excluding hydrogens is 284 g/mol. The Bertz CT molecular complexity index is 502. The van der Waals surface area contributed by atoms with Crippen molar-refractivity contribution in [2.45, 2.75) is 25.8 Å². The van der Waals surface area contributed by atoms with E-state index in [4.69, 9.17) is 14.2 Å². The van der Waals surface area contributed by atoms with Gasteiger partial charge >= 0.3 is 0 Å². The van der Waals surface area contributed by atoms with Gasteiger partial charge in [0.05, 0.1) is 27.0 Å². The van der Waals surface area contributed by atoms with Crippen molar-refractivity contribution in [3.63, 3.8) is 0 Å². The smallest absolute Gasteiger partial charge is 0.224 e. The highest BCUT2D eigenvalue weighted by molar-refractivity contribution is 5.93. The van der Waals surface area contributed by atoms with Gasteiger partial charge in [0.2, 0.25) is 11.7 Å². The number of benzene rings is 1. The number of hydrogen-bond acceptors (Lipinski definition) is 5. The molecule has 0 spiro atoms. The Morgan fingerprint density at radius 1 is 1.09 bits per heavy atom. The van der Waals surface area contributed by atoms with Gasteiger partial charge in [0, 0.05) is 25.1 Å². The zero-order chi connectivity index (χ0) is 16.1. The molecule has 1 aliphatic rings. The minimum atomic E-state index is 0.0150. The van der Waals surface area contributed by atoms with Crippen LogP contribution in [0.2, 0.25) is 0 Å². The fraction of sp³-hybridized carbons (Fsp3) is 0.562. The van der Waals surface area contributed by atoms with Gasteiger partial charge in [0.15, 0.2) is 11.5 Å². The monoisotopic (exact) mass is 308 g/mol. The molecule has 1 amide bonds. The van der Waals surface area contributed by atoms with Gasteiger partial charge in [0.25, 0.3) is 0 Å². The van der Waals surface area contributed by atoms with E-state index >= 15 is 0 Å². The van der Waals surface area contributed by atoms with Crippen molar-refractivity contribution >= 4 is 11.6 Å². The van der Waals surface area contributed by atoms with Crippen molar-refractivity contribution in [3.05, 3.63) is 12.1 Å². The summed E-state index contributed by atoms with van der Waals surface area (Å²) in [5, 5.41) is 3.32. The molecule has 6 heteroatoms. The van der Waals surface area contributed by atoms with Gasteiger partial charge in [-0.05, 0) is 25.9 Å². The van der Waals surface area contributed by atoms with Crippen LogP contribution in [0.25, 0.3) is 0 Å². The molecule has 1 aromatic rings. The van der Waals surface area contributed by atoms with Gasteiger partial charge in [-0.25, -0.2) is 0 Å². The first-order valence-electron chi connectivity index (χ1n) is 7.42. The zero-order valence-electron chi connectivity index (χ0n) is 13.6. The average Bonchev–Trinajstić information content (AvgIpc) is 2.54. The van der Waals surface area contributed by atoms with Crippen molar-refractivity contribution in [3.8, 4) is 17.2 Å². The van der Waals surface area contributed by atoms with Crippen LogP contribution in [0.5, 0.6) is 17.2 Å². The van der Waals surface area contributed by atoms with Gasteiger partial charge in [-0.2, -0.15) is 0 Å². The predicted octanol–water partition coefficient (Wildman–Crippen LogP) is 1.82. The number of carbonyl (C=O) groups is 1. The minimum absolute atomic E-state index is 0.0150. The molecule has 0 unspecified atom stereocenters. The fourth-order valence-electron chi connectivity index (χ4n) is 2.92. The molecule has 0 atom stereocenters. The van der Waals surface area contributed by atoms with Crippen LogP contribution >= 0.6 is 0 Å². The molecule has 0 aromatic heterocycles. The van der Waals surface area contributed by atoms with Crippen molar-refractivity contribution < 1.29 is 19.0 Å². The summed E-state index contributed by atoms with van der Waals surface area (Å²) in [5.41, 5.74) is 0.772. The van der Waals surface area contributed by atoms with E-state index in [0.29, 0.717) is 17.2 Å². The molecule has 1 saturated heterocycles. The third kappa shape index (κ3) is 3.27. The number of piperidine rings is 1. The van der Waals surface area contributed by atoms with E-state index in [9.17, 15) is 4.79 Å². The van der Waals surface area contributed by atoms with Crippen LogP contribution in [0.4, 0.5) is 5.69 Å². The zero-order valence-corrected chi connectivity index (χ0v) is 13.6. The summed E-state index contributed by atoms with van der Waals surface area (Å²) in [7, 11) is 4.71. The molecule has 0 bridgehead atoms. The standard InChI is InChI=1S/C16H24N2O4/c1-11(19)18(12-5-7-17-8-6-12)13-9-14(20-2)16(22-4)15(10-13)21-3/h9-10,12,17H,5-8H2,1-4H3. The lowest BCUT2D eigenvalue weighted by molar-refractivity contribution is -0.117. The Hall–Kier alpha value is -1.95. The van der Waals surface area contributed by atoms with E-state index in [1.807, 2.05) is 17.0 Å². The fourth-order valence-corrected chi connectivity index (χ4v) is 2.92. The quantitative estimate of drug-likeness (QED) is 0.899. The highest BCUT2D eigenvalue weighted by Crippen LogP contribution is 2.41. The van der Waals surface area contributed by atoms with E-state index in [2.05, 4.69) is 5.32 Å². The Labute approximate surface area is 131 Å². The first-order chi connectivity index (χ1) is 10.6. The second-order valence-corrected chi connectivity index (χ2v) is 5.25. The highest BCUT2D eigenvalue weighted by atomic mass is 16.5. The predicted molar refractivity (Wildman–Crippen MR) is 85.1 cm³/mol. The third-order valence-corrected chi connectivity index (χ3v) is 3.94. The molecule has 122 valence electrons. The lowest BCUT2D eigenvalue weighted by Gasteiger charge is -2.34. The van der Waals surface area contributed by atoms with Gasteiger partial charge in [-0.3, -0.25) is 4.79 Å². The maximum absolute atomic E-state index is 12.2. The van der Waals surface area contributed by atoms with Crippen LogP contribution in [0.1, 0.15) is 19.8 Å². The SMILES string of the molecule is COc1cc(N(C(C)=O)C2CCNCC2)cc(OC)c1OC. The Kier molecular flexibility index (Phi) is 5.49. The van der Waals surface area contributed by atoms with Crippen molar-refractivity contribution in [2.75, 3.05) is 39.3 Å². The number of hydrogen-bond donors (Lipinski definition) is 1. The van der Waals surface area contributed by atoms with Crippen molar-refractivity contribution in [1.29, 1.82) is 0 Å². The van der Waals surface area contributed by atoms with E-state index in [1.165, 1.54) is 0 Å². The normalized spacial score (nSPS) is 15.3. The summed E-state index contributed by atoms with van der Waals surface area (Å²) < 4.78 is 16.1. The number of methoxy groups -OCH3 is 3. The molecule has 1 aromatic carbocycles. The second kappa shape index (κ2) is 7.35. The number of carbonyl (C=O) groups excluding carboxylic acids is 1. The number of amides is 1. The Balaban J connectivity index is 2.44. The number of rotatable bonds is 5. The molecule has 22 heavy (non-hydrogen) atoms. The van der Waals surface area contributed by atoms with Crippen molar-refractivity contribution in [2.24, 2.45) is 0 Å². The third-order valence-electron chi connectivity index (χ3n) is 3.94. The summed E-state index contributed by atoms with van der Waals surface area (Å²) in [6.07, 6.45) is 1.85. The minimum Gasteiger partial charge on any atom is -0.493 e. The number of nitrogens with zero attached hydrogens (tertiary/aromatic N) is 1. The molecule has 2 rings (SSSR count). The molecular formula is C16H24N2O4. The molecule has 1 heterocycles. The van der Waals surface area contributed by atoms with Crippen LogP contribution in [-0.4, -0.2) is 46.4 Å². The van der Waals surface area contributed by atoms with E-state index in [1.54, 1.807) is 28.3 Å². The summed E-state index contributed by atoms with van der Waals surface area (Å²) in [5.74, 6) is 1.65. The summed E-state index contributed by atoms with van der Waals surface area (Å²) >= 11 is 0. The van der Waals surface area contributed by atoms with Gasteiger partial charge in [-0.15, -0.1) is 0 Å². The maximum Gasteiger partial charge on any atom is 0.224 e. The van der Waals surface area contributed by atoms with Gasteiger partial charge in [0.1, 0.15) is 0 Å². The second-order valence-electron chi connectivity index (χ2n) is 5.25. The van der Waals surface area contributed by atoms with Crippen LogP contribution in [0, 0.1) is 0 Å². The van der Waals surface area contributed by atoms with Crippen molar-refractivity contribution in [1.82, 2.24) is 5.32 Å². The largest absolute Gasteiger partial charge is 0.493 e. The molecule has 1 N–H and O–H groups in total. The van der Waals surface area contributed by atoms with Crippen LogP contribution in [0.3, 0.4) is 0 Å². The lowest BCUT2D eigenvalue weighted by Crippen LogP contribution is -2.45. The Morgan fingerprint density at radius 2 is 1.64 bits per heavy atom. The first-order valence-corrected chi connectivity index (χ1v) is 7.42. The summed E-state index contributed by atoms with van der Waals surface area (Å²) in [4.78, 5) is 14.0. The average molecular weight is 308 g/mol. The topological polar surface area (TPSA) is 60.0 Å². The molecule has 0 aliphatic carbocycles. The van der Waals surface area contributed by atoms with E-state index < -0.39 is 0 Å². The molecule has 1 aliphatic heterocycles. The number of nitrogens with one attached hydrogen (secondary N) is 1. The van der Waals surface area contributed by atoms with E-state index in [-0.39, 0.29) is 11.9 Å². The molecule has 1 fully saturated rings. The summed E-state index contributed by atoms with van der Waals surface area (Å²) in [6.45, 7) is 3.42. The lowest BCUT2D eigenvalue weighted by atomic mass is 10.0. The van der Waals surface area contributed by atoms with Gasteiger partial charge in [-0.1, -0.05) is 0 Å². The van der Waals surface area contributed by atoms with Gasteiger partial charge < -0.3 is 24.4 Å². The van der Waals surface area contributed by atoms with E-state index in [0.717, 1.165) is 31.6 Å². The maximum atomic E-state index is 12.2. The molecule has 0 saturated carbocycles. The van der Waals surface area contributed by atoms with Crippen LogP contribution < -0.4 is 24.4 Å². The molecule has 6 nitrogen and oxygen atoms in total.